The van der Waals surface area contributed by atoms with Gasteiger partial charge in [0.05, 0.1) is 12.8 Å². The van der Waals surface area contributed by atoms with E-state index in [0.29, 0.717) is 10.8 Å². The van der Waals surface area contributed by atoms with Gasteiger partial charge in [0.15, 0.2) is 18.1 Å². The molecule has 20 heavy (non-hydrogen) atoms. The first-order valence-corrected chi connectivity index (χ1v) is 5.53. The van der Waals surface area contributed by atoms with Crippen LogP contribution in [0.2, 0.25) is 0 Å². The molecular weight excluding hydrogens is 280 g/mol. The minimum Gasteiger partial charge on any atom is -0.394 e. The van der Waals surface area contributed by atoms with Crippen molar-refractivity contribution in [1.82, 2.24) is 9.55 Å². The van der Waals surface area contributed by atoms with Crippen LogP contribution in [0, 0.1) is 5.95 Å². The average molecular weight is 291 g/mol. The molecule has 1 amide bonds. The number of carbonyl (C=O) groups is 1. The summed E-state index contributed by atoms with van der Waals surface area (Å²) in [4.78, 5) is 25.8. The lowest BCUT2D eigenvalue weighted by Crippen LogP contribution is -2.37. The maximum atomic E-state index is 13.8. The number of primary amides is 1. The zero-order valence-corrected chi connectivity index (χ0v) is 9.94. The summed E-state index contributed by atoms with van der Waals surface area (Å²) in [5.41, 5.74) is 2.79. The zero-order valence-electron chi connectivity index (χ0n) is 9.94. The van der Waals surface area contributed by atoms with Gasteiger partial charge in [0.1, 0.15) is 12.2 Å². The van der Waals surface area contributed by atoms with Crippen LogP contribution in [0.3, 0.4) is 0 Å². The third-order valence-electron chi connectivity index (χ3n) is 2.88. The third kappa shape index (κ3) is 2.28. The smallest absolute Gasteiger partial charge is 0.284 e. The first-order chi connectivity index (χ1) is 9.36. The second kappa shape index (κ2) is 5.23. The van der Waals surface area contributed by atoms with Gasteiger partial charge in [-0.2, -0.15) is 4.39 Å². The standard InChI is InChI=1S/C10H11F2N3O5/c11-4-1-15(9(19)6(14-4)8(13)18)10-5(12)7(17)3(2-16)20-10/h1,3,5,7,10,16-17H,2H2,(H2,13,18). The number of aliphatic hydroxyl groups excluding tert-OH is 2. The van der Waals surface area contributed by atoms with Crippen molar-refractivity contribution in [1.29, 1.82) is 0 Å². The van der Waals surface area contributed by atoms with Gasteiger partial charge in [-0.3, -0.25) is 14.2 Å². The van der Waals surface area contributed by atoms with Crippen LogP contribution in [0.15, 0.2) is 11.0 Å². The minimum atomic E-state index is -2.09. The van der Waals surface area contributed by atoms with Gasteiger partial charge >= 0.3 is 0 Å². The van der Waals surface area contributed by atoms with Crippen LogP contribution in [0.4, 0.5) is 8.78 Å². The van der Waals surface area contributed by atoms with Crippen molar-refractivity contribution in [2.45, 2.75) is 24.6 Å². The molecule has 2 rings (SSSR count). The number of aliphatic hydroxyl groups is 2. The number of ether oxygens (including phenoxy) is 1. The van der Waals surface area contributed by atoms with Gasteiger partial charge in [0, 0.05) is 0 Å². The summed E-state index contributed by atoms with van der Waals surface area (Å²) in [5.74, 6) is -2.52. The van der Waals surface area contributed by atoms with Crippen LogP contribution < -0.4 is 11.3 Å². The molecule has 110 valence electrons. The zero-order chi connectivity index (χ0) is 15.0. The fourth-order valence-corrected chi connectivity index (χ4v) is 1.91. The molecule has 0 aliphatic carbocycles. The number of hydrogen-bond donors (Lipinski definition) is 3. The van der Waals surface area contributed by atoms with Crippen molar-refractivity contribution in [2.75, 3.05) is 6.61 Å². The maximum absolute atomic E-state index is 13.8. The fraction of sp³-hybridized carbons (Fsp3) is 0.500. The van der Waals surface area contributed by atoms with Gasteiger partial charge in [-0.05, 0) is 0 Å². The Morgan fingerprint density at radius 1 is 1.60 bits per heavy atom. The van der Waals surface area contributed by atoms with Crippen molar-refractivity contribution < 1.29 is 28.5 Å². The molecule has 4 unspecified atom stereocenters. The van der Waals surface area contributed by atoms with E-state index in [0.717, 1.165) is 0 Å². The van der Waals surface area contributed by atoms with Crippen molar-refractivity contribution in [3.8, 4) is 0 Å². The van der Waals surface area contributed by atoms with Crippen molar-refractivity contribution in [3.63, 3.8) is 0 Å². The molecule has 1 fully saturated rings. The molecule has 4 atom stereocenters. The molecule has 2 heterocycles. The Kier molecular flexibility index (Phi) is 3.79. The van der Waals surface area contributed by atoms with Crippen molar-refractivity contribution in [2.24, 2.45) is 5.73 Å². The Balaban J connectivity index is 2.49. The number of halogens is 2. The van der Waals surface area contributed by atoms with E-state index < -0.39 is 54.3 Å². The Hall–Kier alpha value is -1.91. The number of rotatable bonds is 3. The number of nitrogens with two attached hydrogens (primary N) is 1. The molecule has 10 heteroatoms. The molecule has 4 N–H and O–H groups in total. The molecule has 0 aromatic carbocycles. The van der Waals surface area contributed by atoms with Crippen molar-refractivity contribution >= 4 is 5.91 Å². The second-order valence-corrected chi connectivity index (χ2v) is 4.17. The summed E-state index contributed by atoms with van der Waals surface area (Å²) in [5, 5.41) is 18.3. The quantitative estimate of drug-likeness (QED) is 0.595. The van der Waals surface area contributed by atoms with Crippen LogP contribution in [-0.4, -0.2) is 50.7 Å². The normalized spacial score (nSPS) is 29.6. The van der Waals surface area contributed by atoms with E-state index in [4.69, 9.17) is 15.6 Å². The van der Waals surface area contributed by atoms with E-state index in [1.165, 1.54) is 0 Å². The number of carbonyl (C=O) groups excluding carboxylic acids is 1. The average Bonchev–Trinajstić information content (AvgIpc) is 2.68. The summed E-state index contributed by atoms with van der Waals surface area (Å²) >= 11 is 0. The number of alkyl halides is 1. The number of aromatic nitrogens is 2. The SMILES string of the molecule is NC(=O)c1nc(F)cn(C2OC(CO)C(O)C2F)c1=O. The minimum absolute atomic E-state index is 0.436. The lowest BCUT2D eigenvalue weighted by atomic mass is 10.1. The van der Waals surface area contributed by atoms with Crippen molar-refractivity contribution in [3.05, 3.63) is 28.2 Å². The van der Waals surface area contributed by atoms with E-state index in [9.17, 15) is 23.5 Å². The summed E-state index contributed by atoms with van der Waals surface area (Å²) in [7, 11) is 0. The van der Waals surface area contributed by atoms with Gasteiger partial charge in [0.2, 0.25) is 5.95 Å². The van der Waals surface area contributed by atoms with Crippen LogP contribution >= 0.6 is 0 Å². The summed E-state index contributed by atoms with van der Waals surface area (Å²) in [6, 6.07) is 0. The van der Waals surface area contributed by atoms with E-state index >= 15 is 0 Å². The molecule has 1 aliphatic rings. The summed E-state index contributed by atoms with van der Waals surface area (Å²) < 4.78 is 32.5. The Morgan fingerprint density at radius 3 is 2.75 bits per heavy atom. The molecule has 1 aromatic heterocycles. The lowest BCUT2D eigenvalue weighted by Gasteiger charge is -2.16. The second-order valence-electron chi connectivity index (χ2n) is 4.17. The molecule has 1 aromatic rings. The Labute approximate surface area is 110 Å². The number of hydrogen-bond acceptors (Lipinski definition) is 6. The monoisotopic (exact) mass is 291 g/mol. The van der Waals surface area contributed by atoms with Gasteiger partial charge in [-0.15, -0.1) is 0 Å². The van der Waals surface area contributed by atoms with Crippen LogP contribution in [0.5, 0.6) is 0 Å². The topological polar surface area (TPSA) is 128 Å². The molecule has 1 aliphatic heterocycles. The fourth-order valence-electron chi connectivity index (χ4n) is 1.91. The van der Waals surface area contributed by atoms with Crippen LogP contribution in [-0.2, 0) is 4.74 Å². The summed E-state index contributed by atoms with van der Waals surface area (Å²) in [6.45, 7) is -0.691. The van der Waals surface area contributed by atoms with Gasteiger partial charge in [-0.25, -0.2) is 9.37 Å². The first-order valence-electron chi connectivity index (χ1n) is 5.53. The number of amides is 1. The molecule has 0 radical (unpaired) electrons. The molecule has 0 saturated carbocycles. The van der Waals surface area contributed by atoms with Crippen LogP contribution in [0.25, 0.3) is 0 Å². The highest BCUT2D eigenvalue weighted by atomic mass is 19.1. The molecule has 8 nitrogen and oxygen atoms in total. The van der Waals surface area contributed by atoms with Gasteiger partial charge in [-0.1, -0.05) is 0 Å². The van der Waals surface area contributed by atoms with Crippen LogP contribution in [0.1, 0.15) is 16.7 Å². The maximum Gasteiger partial charge on any atom is 0.284 e. The largest absolute Gasteiger partial charge is 0.394 e. The highest BCUT2D eigenvalue weighted by Crippen LogP contribution is 2.30. The predicted octanol–water partition coefficient (Wildman–Crippen LogP) is -1.93. The Morgan fingerprint density at radius 2 is 2.25 bits per heavy atom. The molecular formula is C10H11F2N3O5. The molecule has 1 saturated heterocycles. The third-order valence-corrected chi connectivity index (χ3v) is 2.88. The van der Waals surface area contributed by atoms with E-state index in [2.05, 4.69) is 4.98 Å². The summed E-state index contributed by atoms with van der Waals surface area (Å²) in [6.07, 6.45) is -6.21. The first kappa shape index (κ1) is 14.5. The van der Waals surface area contributed by atoms with Gasteiger partial charge < -0.3 is 20.7 Å². The predicted molar refractivity (Wildman–Crippen MR) is 58.9 cm³/mol. The van der Waals surface area contributed by atoms with Gasteiger partial charge in [0.25, 0.3) is 11.5 Å². The Bertz CT molecular complexity index is 593. The molecule has 0 bridgehead atoms. The van der Waals surface area contributed by atoms with E-state index in [1.807, 2.05) is 0 Å². The lowest BCUT2D eigenvalue weighted by molar-refractivity contribution is -0.0491. The highest BCUT2D eigenvalue weighted by Gasteiger charge is 2.45. The highest BCUT2D eigenvalue weighted by molar-refractivity contribution is 5.90. The van der Waals surface area contributed by atoms with E-state index in [-0.39, 0.29) is 0 Å². The number of nitrogens with zero attached hydrogens (tertiary/aromatic N) is 2. The van der Waals surface area contributed by atoms with E-state index in [1.54, 1.807) is 0 Å². The molecule has 0 spiro atoms.